The van der Waals surface area contributed by atoms with Crippen molar-refractivity contribution in [3.8, 4) is 11.5 Å². The Morgan fingerprint density at radius 3 is 2.71 bits per heavy atom. The van der Waals surface area contributed by atoms with Crippen molar-refractivity contribution in [1.82, 2.24) is 25.6 Å². The largest absolute Gasteiger partial charge is 0.454 e. The SMILES string of the molecule is O=C(N[C@@H]1CCCNC1)c1sc2nccc3c2c1NC(=O)N3c1ncc(Oc2ccccc2)cn1. The van der Waals surface area contributed by atoms with Crippen LogP contribution in [-0.2, 0) is 0 Å². The van der Waals surface area contributed by atoms with Gasteiger partial charge in [0.2, 0.25) is 5.95 Å². The van der Waals surface area contributed by atoms with Crippen LogP contribution in [0, 0.1) is 0 Å². The molecule has 5 heterocycles. The quantitative estimate of drug-likeness (QED) is 0.388. The highest BCUT2D eigenvalue weighted by atomic mass is 32.1. The fourth-order valence-electron chi connectivity index (χ4n) is 4.27. The van der Waals surface area contributed by atoms with Crippen molar-refractivity contribution in [2.75, 3.05) is 23.3 Å². The first kappa shape index (κ1) is 21.4. The Morgan fingerprint density at radius 2 is 1.94 bits per heavy atom. The third-order valence-electron chi connectivity index (χ3n) is 5.88. The van der Waals surface area contributed by atoms with Gasteiger partial charge in [0.15, 0.2) is 5.75 Å². The number of urea groups is 1. The standard InChI is InChI=1S/C24H21N7O3S/c32-21(29-14-5-4-9-25-11-14)20-19-18-17(8-10-26-22(18)35-20)31(24(33)30-19)23-27-12-16(13-28-23)34-15-6-2-1-3-7-15/h1-3,6-8,10,12-14,25H,4-5,9,11H2,(H,29,32)(H,30,33)/t14-/m1/s1. The molecule has 1 aromatic carbocycles. The number of thiophene rings is 1. The zero-order valence-electron chi connectivity index (χ0n) is 18.5. The van der Waals surface area contributed by atoms with Gasteiger partial charge in [0.25, 0.3) is 5.91 Å². The average Bonchev–Trinajstić information content (AvgIpc) is 3.26. The van der Waals surface area contributed by atoms with Crippen LogP contribution in [0.4, 0.5) is 22.1 Å². The number of nitrogens with one attached hydrogen (secondary N) is 3. The summed E-state index contributed by atoms with van der Waals surface area (Å²) in [4.78, 5) is 41.9. The second kappa shape index (κ2) is 8.93. The lowest BCUT2D eigenvalue weighted by Crippen LogP contribution is -2.45. The molecule has 1 saturated heterocycles. The summed E-state index contributed by atoms with van der Waals surface area (Å²) in [7, 11) is 0. The Hall–Kier alpha value is -4.09. The maximum Gasteiger partial charge on any atom is 0.333 e. The number of benzene rings is 1. The number of anilines is 3. The summed E-state index contributed by atoms with van der Waals surface area (Å²) in [5.74, 6) is 1.08. The molecule has 3 aromatic heterocycles. The molecule has 4 aromatic rings. The monoisotopic (exact) mass is 487 g/mol. The number of amides is 3. The van der Waals surface area contributed by atoms with Crippen LogP contribution in [0.5, 0.6) is 11.5 Å². The molecule has 0 bridgehead atoms. The summed E-state index contributed by atoms with van der Waals surface area (Å²) in [6.07, 6.45) is 6.58. The second-order valence-corrected chi connectivity index (χ2v) is 9.23. The molecule has 2 aliphatic rings. The van der Waals surface area contributed by atoms with E-state index in [1.165, 1.54) is 28.6 Å². The molecule has 10 nitrogen and oxygen atoms in total. The van der Waals surface area contributed by atoms with E-state index < -0.39 is 6.03 Å². The smallest absolute Gasteiger partial charge is 0.333 e. The lowest BCUT2D eigenvalue weighted by atomic mass is 10.1. The van der Waals surface area contributed by atoms with E-state index in [4.69, 9.17) is 4.74 Å². The van der Waals surface area contributed by atoms with Gasteiger partial charge in [0.05, 0.1) is 29.2 Å². The van der Waals surface area contributed by atoms with Gasteiger partial charge in [-0.2, -0.15) is 0 Å². The first-order valence-electron chi connectivity index (χ1n) is 11.3. The lowest BCUT2D eigenvalue weighted by Gasteiger charge is -2.27. The fourth-order valence-corrected chi connectivity index (χ4v) is 5.29. The van der Waals surface area contributed by atoms with Crippen LogP contribution in [0.15, 0.2) is 55.0 Å². The number of nitrogens with zero attached hydrogens (tertiary/aromatic N) is 4. The summed E-state index contributed by atoms with van der Waals surface area (Å²) in [5.41, 5.74) is 1.04. The minimum atomic E-state index is -0.450. The molecule has 3 N–H and O–H groups in total. The third kappa shape index (κ3) is 4.04. The van der Waals surface area contributed by atoms with Gasteiger partial charge < -0.3 is 20.7 Å². The summed E-state index contributed by atoms with van der Waals surface area (Å²) >= 11 is 1.26. The molecule has 0 aliphatic carbocycles. The van der Waals surface area contributed by atoms with Gasteiger partial charge >= 0.3 is 6.03 Å². The van der Waals surface area contributed by atoms with Crippen molar-refractivity contribution in [1.29, 1.82) is 0 Å². The summed E-state index contributed by atoms with van der Waals surface area (Å²) in [5, 5.41) is 9.92. The zero-order valence-corrected chi connectivity index (χ0v) is 19.3. The molecule has 1 fully saturated rings. The number of carbonyl (C=O) groups excluding carboxylic acids is 2. The Kier molecular flexibility index (Phi) is 5.47. The van der Waals surface area contributed by atoms with E-state index in [2.05, 4.69) is 30.9 Å². The van der Waals surface area contributed by atoms with Gasteiger partial charge in [-0.25, -0.2) is 24.6 Å². The van der Waals surface area contributed by atoms with E-state index in [0.717, 1.165) is 25.9 Å². The number of hydrogen-bond acceptors (Lipinski definition) is 8. The highest BCUT2D eigenvalue weighted by molar-refractivity contribution is 7.21. The van der Waals surface area contributed by atoms with Crippen LogP contribution in [0.25, 0.3) is 10.2 Å². The minimum absolute atomic E-state index is 0.0573. The van der Waals surface area contributed by atoms with Crippen molar-refractivity contribution in [2.45, 2.75) is 18.9 Å². The predicted molar refractivity (Wildman–Crippen MR) is 133 cm³/mol. The summed E-state index contributed by atoms with van der Waals surface area (Å²) < 4.78 is 5.75. The molecular weight excluding hydrogens is 466 g/mol. The zero-order chi connectivity index (χ0) is 23.8. The number of ether oxygens (including phenoxy) is 1. The van der Waals surface area contributed by atoms with Crippen molar-refractivity contribution in [2.24, 2.45) is 0 Å². The van der Waals surface area contributed by atoms with Gasteiger partial charge in [-0.1, -0.05) is 18.2 Å². The molecule has 11 heteroatoms. The Labute approximate surface area is 204 Å². The molecule has 2 aliphatic heterocycles. The number of aromatic nitrogens is 3. The van der Waals surface area contributed by atoms with Crippen molar-refractivity contribution in [3.05, 3.63) is 59.9 Å². The van der Waals surface area contributed by atoms with E-state index in [0.29, 0.717) is 38.0 Å². The van der Waals surface area contributed by atoms with Crippen LogP contribution in [0.3, 0.4) is 0 Å². The van der Waals surface area contributed by atoms with Crippen LogP contribution in [0.2, 0.25) is 0 Å². The maximum atomic E-state index is 13.2. The maximum absolute atomic E-state index is 13.2. The van der Waals surface area contributed by atoms with Gasteiger partial charge in [0, 0.05) is 18.8 Å². The van der Waals surface area contributed by atoms with Crippen LogP contribution < -0.4 is 25.6 Å². The molecule has 0 unspecified atom stereocenters. The summed E-state index contributed by atoms with van der Waals surface area (Å²) in [6.45, 7) is 1.69. The fraction of sp³-hybridized carbons (Fsp3) is 0.208. The number of hydrogen-bond donors (Lipinski definition) is 3. The van der Waals surface area contributed by atoms with Crippen LogP contribution in [0.1, 0.15) is 22.5 Å². The van der Waals surface area contributed by atoms with E-state index in [1.807, 2.05) is 30.3 Å². The Bertz CT molecular complexity index is 1400. The normalized spacial score (nSPS) is 17.2. The van der Waals surface area contributed by atoms with Crippen LogP contribution >= 0.6 is 11.3 Å². The lowest BCUT2D eigenvalue weighted by molar-refractivity contribution is 0.0935. The first-order chi connectivity index (χ1) is 17.2. The molecule has 0 saturated carbocycles. The molecule has 6 rings (SSSR count). The first-order valence-corrected chi connectivity index (χ1v) is 12.1. The highest BCUT2D eigenvalue weighted by Gasteiger charge is 2.34. The van der Waals surface area contributed by atoms with Gasteiger partial charge in [-0.15, -0.1) is 11.3 Å². The number of para-hydroxylation sites is 1. The van der Waals surface area contributed by atoms with Crippen molar-refractivity contribution >= 4 is 50.8 Å². The predicted octanol–water partition coefficient (Wildman–Crippen LogP) is 4.04. The summed E-state index contributed by atoms with van der Waals surface area (Å²) in [6, 6.07) is 10.6. The van der Waals surface area contributed by atoms with Crippen molar-refractivity contribution < 1.29 is 14.3 Å². The number of rotatable bonds is 5. The highest BCUT2D eigenvalue weighted by Crippen LogP contribution is 2.45. The van der Waals surface area contributed by atoms with Crippen molar-refractivity contribution in [3.63, 3.8) is 0 Å². The molecular formula is C24H21N7O3S. The second-order valence-electron chi connectivity index (χ2n) is 8.23. The Morgan fingerprint density at radius 1 is 1.11 bits per heavy atom. The third-order valence-corrected chi connectivity index (χ3v) is 6.97. The number of piperidine rings is 1. The molecule has 0 spiro atoms. The molecule has 176 valence electrons. The van der Waals surface area contributed by atoms with Gasteiger partial charge in [-0.3, -0.25) is 4.79 Å². The van der Waals surface area contributed by atoms with E-state index in [-0.39, 0.29) is 17.9 Å². The Balaban J connectivity index is 1.31. The molecule has 3 amide bonds. The molecule has 35 heavy (non-hydrogen) atoms. The van der Waals surface area contributed by atoms with E-state index >= 15 is 0 Å². The average molecular weight is 488 g/mol. The molecule has 0 radical (unpaired) electrons. The number of carbonyl (C=O) groups is 2. The van der Waals surface area contributed by atoms with E-state index in [1.54, 1.807) is 12.3 Å². The van der Waals surface area contributed by atoms with E-state index in [9.17, 15) is 9.59 Å². The van der Waals surface area contributed by atoms with Gasteiger partial charge in [0.1, 0.15) is 15.5 Å². The number of pyridine rings is 1. The van der Waals surface area contributed by atoms with Gasteiger partial charge in [-0.05, 0) is 37.6 Å². The minimum Gasteiger partial charge on any atom is -0.454 e. The molecule has 1 atom stereocenters. The van der Waals surface area contributed by atoms with Crippen LogP contribution in [-0.4, -0.2) is 46.0 Å². The topological polar surface area (TPSA) is 121 Å².